The molecular weight excluding hydrogens is 376 g/mol. The summed E-state index contributed by atoms with van der Waals surface area (Å²) in [6, 6.07) is 7.27. The van der Waals surface area contributed by atoms with E-state index in [0.29, 0.717) is 0 Å². The summed E-state index contributed by atoms with van der Waals surface area (Å²) in [6.07, 6.45) is 13.3. The minimum absolute atomic E-state index is 0.0800. The van der Waals surface area contributed by atoms with Gasteiger partial charge in [-0.05, 0) is 35.4 Å². The lowest BCUT2D eigenvalue weighted by Gasteiger charge is -2.64. The van der Waals surface area contributed by atoms with Crippen molar-refractivity contribution in [3.63, 3.8) is 0 Å². The van der Waals surface area contributed by atoms with E-state index in [2.05, 4.69) is 48.3 Å². The fourth-order valence-corrected chi connectivity index (χ4v) is 4.57. The molecule has 6 heteroatoms. The molecule has 156 valence electrons. The third-order valence-electron chi connectivity index (χ3n) is 5.77. The molecule has 2 aromatic rings. The van der Waals surface area contributed by atoms with Gasteiger partial charge in [0.2, 0.25) is 11.8 Å². The summed E-state index contributed by atoms with van der Waals surface area (Å²) in [5.74, 6) is -0.322. The fraction of sp³-hybridized carbons (Fsp3) is 0.333. The van der Waals surface area contributed by atoms with Crippen LogP contribution in [-0.2, 0) is 9.59 Å². The number of nitrogens with zero attached hydrogens (tertiary/aromatic N) is 2. The van der Waals surface area contributed by atoms with Gasteiger partial charge in [0.15, 0.2) is 0 Å². The smallest absolute Gasteiger partial charge is 0.244 e. The summed E-state index contributed by atoms with van der Waals surface area (Å²) in [7, 11) is 0. The van der Waals surface area contributed by atoms with E-state index in [9.17, 15) is 9.59 Å². The van der Waals surface area contributed by atoms with Crippen LogP contribution in [0.1, 0.15) is 38.8 Å². The van der Waals surface area contributed by atoms with Crippen molar-refractivity contribution >= 4 is 24.0 Å². The van der Waals surface area contributed by atoms with Crippen molar-refractivity contribution in [2.24, 2.45) is 10.8 Å². The Labute approximate surface area is 177 Å². The monoisotopic (exact) mass is 404 g/mol. The molecule has 0 bridgehead atoms. The topological polar surface area (TPSA) is 84.0 Å². The molecule has 0 atom stereocenters. The molecule has 30 heavy (non-hydrogen) atoms. The normalized spacial score (nSPS) is 21.9. The van der Waals surface area contributed by atoms with Crippen molar-refractivity contribution in [2.45, 2.75) is 39.8 Å². The van der Waals surface area contributed by atoms with Crippen molar-refractivity contribution in [3.05, 3.63) is 72.3 Å². The van der Waals surface area contributed by atoms with Gasteiger partial charge in [0, 0.05) is 59.9 Å². The summed E-state index contributed by atoms with van der Waals surface area (Å²) < 4.78 is 0. The zero-order valence-electron chi connectivity index (χ0n) is 17.8. The lowest BCUT2D eigenvalue weighted by molar-refractivity contribution is -0.137. The minimum Gasteiger partial charge on any atom is -0.349 e. The Hall–Kier alpha value is -3.28. The van der Waals surface area contributed by atoms with Crippen LogP contribution >= 0.6 is 0 Å². The van der Waals surface area contributed by atoms with Gasteiger partial charge in [-0.2, -0.15) is 0 Å². The number of aromatic nitrogens is 2. The highest BCUT2D eigenvalue weighted by molar-refractivity contribution is 5.93. The van der Waals surface area contributed by atoms with Gasteiger partial charge in [0.25, 0.3) is 0 Å². The SMILES string of the molecule is CC1(C)C(NC(=O)C=Cc2cccnc2)C(C)(C)C1NC(=O)C=Cc1cccnc1. The molecule has 2 aromatic heterocycles. The molecule has 0 aromatic carbocycles. The van der Waals surface area contributed by atoms with E-state index in [1.54, 1.807) is 36.9 Å². The van der Waals surface area contributed by atoms with Crippen LogP contribution in [0.3, 0.4) is 0 Å². The van der Waals surface area contributed by atoms with Crippen LogP contribution in [0.15, 0.2) is 61.2 Å². The van der Waals surface area contributed by atoms with E-state index in [1.807, 2.05) is 24.3 Å². The molecule has 1 aliphatic rings. The lowest BCUT2D eigenvalue weighted by atomic mass is 9.48. The number of nitrogens with one attached hydrogen (secondary N) is 2. The molecule has 0 saturated heterocycles. The highest BCUT2D eigenvalue weighted by atomic mass is 16.2. The maximum atomic E-state index is 12.5. The number of carbonyl (C=O) groups is 2. The molecule has 1 aliphatic carbocycles. The molecule has 0 radical (unpaired) electrons. The van der Waals surface area contributed by atoms with Crippen LogP contribution in [0, 0.1) is 10.8 Å². The molecule has 2 amide bonds. The zero-order chi connectivity index (χ0) is 21.8. The van der Waals surface area contributed by atoms with E-state index in [1.165, 1.54) is 12.2 Å². The van der Waals surface area contributed by atoms with Gasteiger partial charge < -0.3 is 10.6 Å². The first-order valence-electron chi connectivity index (χ1n) is 9.98. The minimum atomic E-state index is -0.293. The Morgan fingerprint density at radius 3 is 1.53 bits per heavy atom. The standard InChI is InChI=1S/C24H28N4O2/c1-23(2)21(27-19(29)11-9-17-7-5-13-25-15-17)24(3,4)22(23)28-20(30)12-10-18-8-6-14-26-16-18/h5-16,21-22H,1-4H3,(H,27,29)(H,28,30). The molecule has 2 heterocycles. The molecule has 0 spiro atoms. The highest BCUT2D eigenvalue weighted by Crippen LogP contribution is 2.53. The van der Waals surface area contributed by atoms with Gasteiger partial charge in [-0.15, -0.1) is 0 Å². The predicted octanol–water partition coefficient (Wildman–Crippen LogP) is 3.24. The molecule has 1 fully saturated rings. The van der Waals surface area contributed by atoms with Crippen LogP contribution in [0.5, 0.6) is 0 Å². The number of rotatable bonds is 6. The molecule has 3 rings (SSSR count). The van der Waals surface area contributed by atoms with E-state index < -0.39 is 0 Å². The zero-order valence-corrected chi connectivity index (χ0v) is 17.8. The summed E-state index contributed by atoms with van der Waals surface area (Å²) in [5.41, 5.74) is 1.15. The van der Waals surface area contributed by atoms with Crippen molar-refractivity contribution in [1.29, 1.82) is 0 Å². The van der Waals surface area contributed by atoms with E-state index in [4.69, 9.17) is 0 Å². The third kappa shape index (κ3) is 4.64. The largest absolute Gasteiger partial charge is 0.349 e. The Kier molecular flexibility index (Phi) is 6.15. The van der Waals surface area contributed by atoms with E-state index in [0.717, 1.165) is 11.1 Å². The van der Waals surface area contributed by atoms with Gasteiger partial charge in [0.1, 0.15) is 0 Å². The van der Waals surface area contributed by atoms with Crippen LogP contribution in [-0.4, -0.2) is 33.9 Å². The summed E-state index contributed by atoms with van der Waals surface area (Å²) >= 11 is 0. The first-order valence-corrected chi connectivity index (χ1v) is 9.98. The first kappa shape index (κ1) is 21.4. The fourth-order valence-electron chi connectivity index (χ4n) is 4.57. The van der Waals surface area contributed by atoms with Crippen molar-refractivity contribution in [2.75, 3.05) is 0 Å². The average molecular weight is 405 g/mol. The number of hydrogen-bond acceptors (Lipinski definition) is 4. The molecule has 0 unspecified atom stereocenters. The van der Waals surface area contributed by atoms with Gasteiger partial charge in [0.05, 0.1) is 0 Å². The molecular formula is C24H28N4O2. The Bertz CT molecular complexity index is 858. The molecule has 1 saturated carbocycles. The number of amides is 2. The van der Waals surface area contributed by atoms with Crippen LogP contribution in [0.4, 0.5) is 0 Å². The lowest BCUT2D eigenvalue weighted by Crippen LogP contribution is -2.77. The summed E-state index contributed by atoms with van der Waals surface area (Å²) in [6.45, 7) is 8.24. The van der Waals surface area contributed by atoms with Gasteiger partial charge in [-0.1, -0.05) is 39.8 Å². The number of pyridine rings is 2. The second kappa shape index (κ2) is 8.61. The summed E-state index contributed by atoms with van der Waals surface area (Å²) in [4.78, 5) is 33.0. The van der Waals surface area contributed by atoms with Gasteiger partial charge in [-0.3, -0.25) is 19.6 Å². The molecule has 6 nitrogen and oxygen atoms in total. The average Bonchev–Trinajstić information content (AvgIpc) is 2.74. The third-order valence-corrected chi connectivity index (χ3v) is 5.77. The number of carbonyl (C=O) groups excluding carboxylic acids is 2. The van der Waals surface area contributed by atoms with E-state index >= 15 is 0 Å². The van der Waals surface area contributed by atoms with Gasteiger partial charge >= 0.3 is 0 Å². The van der Waals surface area contributed by atoms with E-state index in [-0.39, 0.29) is 34.7 Å². The number of hydrogen-bond donors (Lipinski definition) is 2. The Morgan fingerprint density at radius 2 is 1.20 bits per heavy atom. The van der Waals surface area contributed by atoms with Crippen molar-refractivity contribution < 1.29 is 9.59 Å². The Morgan fingerprint density at radius 1 is 0.800 bits per heavy atom. The highest BCUT2D eigenvalue weighted by Gasteiger charge is 2.62. The molecule has 2 N–H and O–H groups in total. The van der Waals surface area contributed by atoms with Crippen molar-refractivity contribution in [3.8, 4) is 0 Å². The van der Waals surface area contributed by atoms with Crippen molar-refractivity contribution in [1.82, 2.24) is 20.6 Å². The van der Waals surface area contributed by atoms with Crippen LogP contribution in [0.2, 0.25) is 0 Å². The predicted molar refractivity (Wildman–Crippen MR) is 118 cm³/mol. The maximum absolute atomic E-state index is 12.5. The maximum Gasteiger partial charge on any atom is 0.244 e. The summed E-state index contributed by atoms with van der Waals surface area (Å²) in [5, 5.41) is 6.21. The second-order valence-electron chi connectivity index (χ2n) is 8.77. The van der Waals surface area contributed by atoms with Crippen LogP contribution < -0.4 is 10.6 Å². The molecule has 0 aliphatic heterocycles. The second-order valence-corrected chi connectivity index (χ2v) is 8.77. The quantitative estimate of drug-likeness (QED) is 0.724. The first-order chi connectivity index (χ1) is 14.2. The van der Waals surface area contributed by atoms with Gasteiger partial charge in [-0.25, -0.2) is 0 Å². The Balaban J connectivity index is 1.61. The van der Waals surface area contributed by atoms with Crippen LogP contribution in [0.25, 0.3) is 12.2 Å².